The lowest BCUT2D eigenvalue weighted by Crippen LogP contribution is -2.37. The smallest absolute Gasteiger partial charge is 0.251 e. The van der Waals surface area contributed by atoms with Gasteiger partial charge in [0.15, 0.2) is 5.82 Å². The maximum atomic E-state index is 12.7. The van der Waals surface area contributed by atoms with Crippen LogP contribution in [0.4, 0.5) is 11.5 Å². The average molecular weight is 410 g/mol. The largest absolute Gasteiger partial charge is 0.378 e. The van der Waals surface area contributed by atoms with E-state index in [1.165, 1.54) is 0 Å². The molecule has 4 rings (SSSR count). The molecule has 6 nitrogen and oxygen atoms in total. The van der Waals surface area contributed by atoms with E-state index in [-0.39, 0.29) is 11.9 Å². The molecule has 0 aliphatic carbocycles. The molecular formula is C22H24ClN5O. The summed E-state index contributed by atoms with van der Waals surface area (Å²) in [6.45, 7) is 1.59. The topological polar surface area (TPSA) is 64.3 Å². The fourth-order valence-electron chi connectivity index (χ4n) is 3.53. The van der Waals surface area contributed by atoms with Crippen LogP contribution in [0.5, 0.6) is 0 Å². The lowest BCUT2D eigenvalue weighted by atomic mass is 10.1. The van der Waals surface area contributed by atoms with Gasteiger partial charge in [-0.25, -0.2) is 0 Å². The van der Waals surface area contributed by atoms with E-state index in [9.17, 15) is 4.79 Å². The molecule has 1 fully saturated rings. The Bertz CT molecular complexity index is 998. The van der Waals surface area contributed by atoms with E-state index in [2.05, 4.69) is 20.4 Å². The molecule has 0 spiro atoms. The summed E-state index contributed by atoms with van der Waals surface area (Å²) < 4.78 is 0. The number of hydrogen-bond donors (Lipinski definition) is 2. The van der Waals surface area contributed by atoms with Crippen LogP contribution in [-0.2, 0) is 0 Å². The number of H-pyrrole nitrogens is 1. The van der Waals surface area contributed by atoms with Crippen molar-refractivity contribution in [2.24, 2.45) is 0 Å². The molecule has 1 saturated heterocycles. The van der Waals surface area contributed by atoms with Gasteiger partial charge in [0.25, 0.3) is 5.91 Å². The summed E-state index contributed by atoms with van der Waals surface area (Å²) in [5.41, 5.74) is 3.68. The molecule has 1 atom stereocenters. The van der Waals surface area contributed by atoms with Crippen molar-refractivity contribution < 1.29 is 4.79 Å². The molecule has 1 aromatic heterocycles. The molecule has 2 heterocycles. The third kappa shape index (κ3) is 4.38. The summed E-state index contributed by atoms with van der Waals surface area (Å²) in [5, 5.41) is 11.4. The molecule has 0 unspecified atom stereocenters. The number of nitrogens with one attached hydrogen (secondary N) is 2. The molecule has 1 aliphatic rings. The average Bonchev–Trinajstić information content (AvgIpc) is 3.38. The molecule has 150 valence electrons. The second kappa shape index (κ2) is 8.17. The standard InChI is InChI=1S/C22H24ClN5O/c1-27(2)19-5-3-4-16(12-19)22(29)24-18-10-11-28(14-18)21-13-20(25-26-21)15-6-8-17(23)9-7-15/h3-9,12-13,18H,10-11,14H2,1-2H3,(H,24,29)(H,25,26)/t18-/m1/s1. The zero-order valence-corrected chi connectivity index (χ0v) is 17.3. The van der Waals surface area contributed by atoms with Gasteiger partial charge in [0, 0.05) is 55.6 Å². The minimum Gasteiger partial charge on any atom is -0.378 e. The Balaban J connectivity index is 1.39. The van der Waals surface area contributed by atoms with Crippen LogP contribution in [0.15, 0.2) is 54.6 Å². The van der Waals surface area contributed by atoms with Gasteiger partial charge in [0.2, 0.25) is 0 Å². The van der Waals surface area contributed by atoms with Gasteiger partial charge in [0.1, 0.15) is 0 Å². The minimum atomic E-state index is -0.0376. The summed E-state index contributed by atoms with van der Waals surface area (Å²) in [4.78, 5) is 16.8. The van der Waals surface area contributed by atoms with Crippen molar-refractivity contribution >= 4 is 29.0 Å². The summed E-state index contributed by atoms with van der Waals surface area (Å²) in [5.74, 6) is 0.853. The number of nitrogens with zero attached hydrogens (tertiary/aromatic N) is 3. The number of carbonyl (C=O) groups is 1. The number of hydrogen-bond acceptors (Lipinski definition) is 4. The Morgan fingerprint density at radius 2 is 2.00 bits per heavy atom. The third-order valence-electron chi connectivity index (χ3n) is 5.19. The van der Waals surface area contributed by atoms with E-state index >= 15 is 0 Å². The van der Waals surface area contributed by atoms with E-state index in [1.54, 1.807) is 0 Å². The normalized spacial score (nSPS) is 16.1. The van der Waals surface area contributed by atoms with Crippen molar-refractivity contribution in [2.45, 2.75) is 12.5 Å². The maximum absolute atomic E-state index is 12.7. The lowest BCUT2D eigenvalue weighted by molar-refractivity contribution is 0.0940. The van der Waals surface area contributed by atoms with Crippen LogP contribution in [0.3, 0.4) is 0 Å². The molecule has 2 N–H and O–H groups in total. The van der Waals surface area contributed by atoms with Gasteiger partial charge in [-0.15, -0.1) is 0 Å². The summed E-state index contributed by atoms with van der Waals surface area (Å²) in [7, 11) is 3.93. The van der Waals surface area contributed by atoms with Crippen molar-refractivity contribution in [3.05, 3.63) is 65.2 Å². The van der Waals surface area contributed by atoms with E-state index < -0.39 is 0 Å². The summed E-state index contributed by atoms with van der Waals surface area (Å²) >= 11 is 5.96. The summed E-state index contributed by atoms with van der Waals surface area (Å²) in [6.07, 6.45) is 0.891. The van der Waals surface area contributed by atoms with Gasteiger partial charge < -0.3 is 15.1 Å². The zero-order chi connectivity index (χ0) is 20.4. The van der Waals surface area contributed by atoms with Gasteiger partial charge in [-0.2, -0.15) is 5.10 Å². The zero-order valence-electron chi connectivity index (χ0n) is 16.5. The Hall–Kier alpha value is -2.99. The number of benzene rings is 2. The predicted molar refractivity (Wildman–Crippen MR) is 118 cm³/mol. The Kier molecular flexibility index (Phi) is 5.45. The highest BCUT2D eigenvalue weighted by molar-refractivity contribution is 6.30. The number of carbonyl (C=O) groups excluding carboxylic acids is 1. The molecule has 2 aromatic carbocycles. The second-order valence-corrected chi connectivity index (χ2v) is 7.93. The number of amides is 1. The Labute approximate surface area is 175 Å². The van der Waals surface area contributed by atoms with Gasteiger partial charge in [0.05, 0.1) is 5.69 Å². The van der Waals surface area contributed by atoms with E-state index in [1.807, 2.05) is 73.6 Å². The van der Waals surface area contributed by atoms with Crippen molar-refractivity contribution in [3.8, 4) is 11.3 Å². The Morgan fingerprint density at radius 1 is 1.21 bits per heavy atom. The van der Waals surface area contributed by atoms with Crippen LogP contribution in [0.2, 0.25) is 5.02 Å². The molecule has 0 bridgehead atoms. The van der Waals surface area contributed by atoms with E-state index in [0.717, 1.165) is 42.3 Å². The van der Waals surface area contributed by atoms with Crippen molar-refractivity contribution in [2.75, 3.05) is 37.0 Å². The molecular weight excluding hydrogens is 386 g/mol. The number of aromatic nitrogens is 2. The highest BCUT2D eigenvalue weighted by Gasteiger charge is 2.26. The fraction of sp³-hybridized carbons (Fsp3) is 0.273. The van der Waals surface area contributed by atoms with Crippen LogP contribution in [0.1, 0.15) is 16.8 Å². The van der Waals surface area contributed by atoms with Gasteiger partial charge in [-0.05, 0) is 42.3 Å². The number of aromatic amines is 1. The molecule has 29 heavy (non-hydrogen) atoms. The molecule has 3 aromatic rings. The number of rotatable bonds is 5. The van der Waals surface area contributed by atoms with Gasteiger partial charge >= 0.3 is 0 Å². The highest BCUT2D eigenvalue weighted by atomic mass is 35.5. The maximum Gasteiger partial charge on any atom is 0.251 e. The Morgan fingerprint density at radius 3 is 2.76 bits per heavy atom. The second-order valence-electron chi connectivity index (χ2n) is 7.50. The molecule has 7 heteroatoms. The quantitative estimate of drug-likeness (QED) is 0.672. The molecule has 0 radical (unpaired) electrons. The number of halogens is 1. The first-order valence-electron chi connectivity index (χ1n) is 9.64. The van der Waals surface area contributed by atoms with Crippen LogP contribution in [0, 0.1) is 0 Å². The van der Waals surface area contributed by atoms with Crippen molar-refractivity contribution in [1.29, 1.82) is 0 Å². The van der Waals surface area contributed by atoms with Crippen LogP contribution >= 0.6 is 11.6 Å². The monoisotopic (exact) mass is 409 g/mol. The van der Waals surface area contributed by atoms with Crippen LogP contribution in [0.25, 0.3) is 11.3 Å². The molecule has 0 saturated carbocycles. The predicted octanol–water partition coefficient (Wildman–Crippen LogP) is 3.80. The highest BCUT2D eigenvalue weighted by Crippen LogP contribution is 2.25. The van der Waals surface area contributed by atoms with Gasteiger partial charge in [-0.1, -0.05) is 29.8 Å². The first-order valence-corrected chi connectivity index (χ1v) is 10.0. The lowest BCUT2D eigenvalue weighted by Gasteiger charge is -2.17. The SMILES string of the molecule is CN(C)c1cccc(C(=O)N[C@@H]2CCN(c3cc(-c4ccc(Cl)cc4)[nH]n3)C2)c1. The van der Waals surface area contributed by atoms with Crippen LogP contribution < -0.4 is 15.1 Å². The first-order chi connectivity index (χ1) is 14.0. The molecule has 1 amide bonds. The fourth-order valence-corrected chi connectivity index (χ4v) is 3.66. The van der Waals surface area contributed by atoms with E-state index in [4.69, 9.17) is 11.6 Å². The van der Waals surface area contributed by atoms with Gasteiger partial charge in [-0.3, -0.25) is 9.89 Å². The van der Waals surface area contributed by atoms with E-state index in [0.29, 0.717) is 10.6 Å². The summed E-state index contributed by atoms with van der Waals surface area (Å²) in [6, 6.07) is 17.5. The molecule has 1 aliphatic heterocycles. The first kappa shape index (κ1) is 19.3. The van der Waals surface area contributed by atoms with Crippen molar-refractivity contribution in [1.82, 2.24) is 15.5 Å². The van der Waals surface area contributed by atoms with Crippen molar-refractivity contribution in [3.63, 3.8) is 0 Å². The number of anilines is 2. The minimum absolute atomic E-state index is 0.0376. The third-order valence-corrected chi connectivity index (χ3v) is 5.44. The van der Waals surface area contributed by atoms with Crippen LogP contribution in [-0.4, -0.2) is 49.3 Å².